The van der Waals surface area contributed by atoms with Crippen molar-refractivity contribution in [1.29, 1.82) is 0 Å². The zero-order chi connectivity index (χ0) is 13.0. The summed E-state index contributed by atoms with van der Waals surface area (Å²) >= 11 is 7.96. The standard InChI is InChI=1S/C15H24ClNS/c1-3-17-13(10-12-7-5-4-6-8-12)14-9-11(2)15(16)18-14/h9,12-13,17H,3-8,10H2,1-2H3. The number of rotatable bonds is 5. The van der Waals surface area contributed by atoms with Crippen LogP contribution in [0.3, 0.4) is 0 Å². The summed E-state index contributed by atoms with van der Waals surface area (Å²) in [5, 5.41) is 3.64. The molecule has 1 fully saturated rings. The Bertz CT molecular complexity index is 349. The van der Waals surface area contributed by atoms with Gasteiger partial charge in [-0.2, -0.15) is 0 Å². The monoisotopic (exact) mass is 285 g/mol. The first kappa shape index (κ1) is 14.4. The summed E-state index contributed by atoms with van der Waals surface area (Å²) in [6, 6.07) is 2.78. The minimum absolute atomic E-state index is 0.509. The van der Waals surface area contributed by atoms with Crippen LogP contribution in [0, 0.1) is 12.8 Å². The summed E-state index contributed by atoms with van der Waals surface area (Å²) in [7, 11) is 0. The molecule has 2 rings (SSSR count). The molecule has 1 nitrogen and oxygen atoms in total. The number of nitrogens with one attached hydrogen (secondary N) is 1. The van der Waals surface area contributed by atoms with Crippen LogP contribution in [0.4, 0.5) is 0 Å². The molecule has 1 aliphatic carbocycles. The normalized spacial score (nSPS) is 19.1. The largest absolute Gasteiger partial charge is 0.310 e. The lowest BCUT2D eigenvalue weighted by molar-refractivity contribution is 0.303. The molecule has 1 saturated carbocycles. The lowest BCUT2D eigenvalue weighted by Crippen LogP contribution is -2.23. The van der Waals surface area contributed by atoms with E-state index in [1.807, 2.05) is 0 Å². The third kappa shape index (κ3) is 3.72. The van der Waals surface area contributed by atoms with Crippen molar-refractivity contribution >= 4 is 22.9 Å². The van der Waals surface area contributed by atoms with E-state index in [0.717, 1.165) is 16.8 Å². The highest BCUT2D eigenvalue weighted by atomic mass is 35.5. The van der Waals surface area contributed by atoms with Gasteiger partial charge >= 0.3 is 0 Å². The molecule has 0 saturated heterocycles. The predicted molar refractivity (Wildman–Crippen MR) is 81.7 cm³/mol. The van der Waals surface area contributed by atoms with Gasteiger partial charge in [0.05, 0.1) is 4.34 Å². The second-order valence-corrected chi connectivity index (χ2v) is 7.14. The molecule has 0 aromatic carbocycles. The molecule has 1 atom stereocenters. The van der Waals surface area contributed by atoms with E-state index >= 15 is 0 Å². The quantitative estimate of drug-likeness (QED) is 0.771. The van der Waals surface area contributed by atoms with Gasteiger partial charge in [0.2, 0.25) is 0 Å². The first-order chi connectivity index (χ1) is 8.70. The summed E-state index contributed by atoms with van der Waals surface area (Å²) < 4.78 is 0.955. The smallest absolute Gasteiger partial charge is 0.0960 e. The lowest BCUT2D eigenvalue weighted by Gasteiger charge is -2.26. The van der Waals surface area contributed by atoms with Crippen molar-refractivity contribution in [1.82, 2.24) is 5.32 Å². The maximum atomic E-state index is 6.21. The van der Waals surface area contributed by atoms with Crippen LogP contribution in [-0.2, 0) is 0 Å². The van der Waals surface area contributed by atoms with E-state index in [2.05, 4.69) is 25.2 Å². The van der Waals surface area contributed by atoms with Crippen molar-refractivity contribution in [3.05, 3.63) is 20.8 Å². The topological polar surface area (TPSA) is 12.0 Å². The van der Waals surface area contributed by atoms with Crippen LogP contribution in [0.5, 0.6) is 0 Å². The molecule has 1 heterocycles. The number of hydrogen-bond acceptors (Lipinski definition) is 2. The van der Waals surface area contributed by atoms with Crippen molar-refractivity contribution in [2.75, 3.05) is 6.54 Å². The van der Waals surface area contributed by atoms with Gasteiger partial charge in [0, 0.05) is 10.9 Å². The van der Waals surface area contributed by atoms with E-state index in [-0.39, 0.29) is 0 Å². The Hall–Kier alpha value is -0.0500. The van der Waals surface area contributed by atoms with E-state index in [1.54, 1.807) is 11.3 Å². The Balaban J connectivity index is 2.02. The fourth-order valence-electron chi connectivity index (χ4n) is 2.96. The number of hydrogen-bond donors (Lipinski definition) is 1. The van der Waals surface area contributed by atoms with Crippen LogP contribution in [0.25, 0.3) is 0 Å². The molecule has 18 heavy (non-hydrogen) atoms. The second-order valence-electron chi connectivity index (χ2n) is 5.46. The third-order valence-electron chi connectivity index (χ3n) is 3.96. The summed E-state index contributed by atoms with van der Waals surface area (Å²) in [6.45, 7) is 5.33. The van der Waals surface area contributed by atoms with Crippen molar-refractivity contribution in [3.63, 3.8) is 0 Å². The van der Waals surface area contributed by atoms with Gasteiger partial charge in [-0.1, -0.05) is 50.6 Å². The van der Waals surface area contributed by atoms with Crippen molar-refractivity contribution in [3.8, 4) is 0 Å². The molecule has 1 unspecified atom stereocenters. The molecule has 3 heteroatoms. The molecule has 0 amide bonds. The van der Waals surface area contributed by atoms with Gasteiger partial charge in [-0.15, -0.1) is 11.3 Å². The van der Waals surface area contributed by atoms with Gasteiger partial charge in [0.15, 0.2) is 0 Å². The summed E-state index contributed by atoms with van der Waals surface area (Å²) in [5.41, 5.74) is 1.23. The van der Waals surface area contributed by atoms with E-state index < -0.39 is 0 Å². The molecular weight excluding hydrogens is 262 g/mol. The molecule has 0 aliphatic heterocycles. The van der Waals surface area contributed by atoms with Crippen LogP contribution < -0.4 is 5.32 Å². The Morgan fingerprint density at radius 1 is 1.39 bits per heavy atom. The fraction of sp³-hybridized carbons (Fsp3) is 0.733. The van der Waals surface area contributed by atoms with Gasteiger partial charge < -0.3 is 5.32 Å². The van der Waals surface area contributed by atoms with Gasteiger partial charge in [0.25, 0.3) is 0 Å². The molecule has 0 bridgehead atoms. The predicted octanol–water partition coefficient (Wildman–Crippen LogP) is 5.33. The molecular formula is C15H24ClNS. The van der Waals surface area contributed by atoms with E-state index in [0.29, 0.717) is 6.04 Å². The van der Waals surface area contributed by atoms with Crippen LogP contribution in [0.2, 0.25) is 4.34 Å². The Kier molecular flexibility index (Phi) is 5.53. The first-order valence-corrected chi connectivity index (χ1v) is 8.39. The van der Waals surface area contributed by atoms with Gasteiger partial charge in [-0.3, -0.25) is 0 Å². The Labute approximate surface area is 120 Å². The average Bonchev–Trinajstić information content (AvgIpc) is 2.70. The van der Waals surface area contributed by atoms with Crippen LogP contribution in [-0.4, -0.2) is 6.54 Å². The highest BCUT2D eigenvalue weighted by Crippen LogP contribution is 2.36. The molecule has 1 N–H and O–H groups in total. The van der Waals surface area contributed by atoms with E-state index in [9.17, 15) is 0 Å². The van der Waals surface area contributed by atoms with Crippen LogP contribution in [0.1, 0.15) is 61.9 Å². The Morgan fingerprint density at radius 3 is 2.67 bits per heavy atom. The number of halogens is 1. The molecule has 0 spiro atoms. The first-order valence-electron chi connectivity index (χ1n) is 7.20. The maximum Gasteiger partial charge on any atom is 0.0960 e. The summed E-state index contributed by atoms with van der Waals surface area (Å²) in [5.74, 6) is 0.906. The second kappa shape index (κ2) is 6.93. The summed E-state index contributed by atoms with van der Waals surface area (Å²) in [4.78, 5) is 1.42. The van der Waals surface area contributed by atoms with E-state index in [1.165, 1.54) is 49.0 Å². The third-order valence-corrected chi connectivity index (χ3v) is 5.63. The fourth-order valence-corrected chi connectivity index (χ4v) is 4.26. The van der Waals surface area contributed by atoms with Gasteiger partial charge in [-0.25, -0.2) is 0 Å². The lowest BCUT2D eigenvalue weighted by atomic mass is 9.84. The van der Waals surface area contributed by atoms with Crippen LogP contribution in [0.15, 0.2) is 6.07 Å². The molecule has 1 aromatic heterocycles. The molecule has 102 valence electrons. The number of thiophene rings is 1. The molecule has 0 radical (unpaired) electrons. The SMILES string of the molecule is CCNC(CC1CCCCC1)c1cc(C)c(Cl)s1. The maximum absolute atomic E-state index is 6.21. The van der Waals surface area contributed by atoms with Gasteiger partial charge in [-0.05, 0) is 37.4 Å². The van der Waals surface area contributed by atoms with Crippen LogP contribution >= 0.6 is 22.9 Å². The molecule has 1 aliphatic rings. The highest BCUT2D eigenvalue weighted by Gasteiger charge is 2.21. The highest BCUT2D eigenvalue weighted by molar-refractivity contribution is 7.16. The van der Waals surface area contributed by atoms with Crippen molar-refractivity contribution in [2.45, 2.75) is 58.4 Å². The molecule has 1 aromatic rings. The Morgan fingerprint density at radius 2 is 2.11 bits per heavy atom. The van der Waals surface area contributed by atoms with Gasteiger partial charge in [0.1, 0.15) is 0 Å². The van der Waals surface area contributed by atoms with Crippen molar-refractivity contribution in [2.24, 2.45) is 5.92 Å². The van der Waals surface area contributed by atoms with E-state index in [4.69, 9.17) is 11.6 Å². The van der Waals surface area contributed by atoms with Crippen molar-refractivity contribution < 1.29 is 0 Å². The zero-order valence-electron chi connectivity index (χ0n) is 11.5. The minimum Gasteiger partial charge on any atom is -0.310 e. The average molecular weight is 286 g/mol. The number of aryl methyl sites for hydroxylation is 1. The summed E-state index contributed by atoms with van der Waals surface area (Å²) in [6.07, 6.45) is 8.40. The zero-order valence-corrected chi connectivity index (χ0v) is 13.0. The minimum atomic E-state index is 0.509.